The zero-order chi connectivity index (χ0) is 15.4. The zero-order valence-corrected chi connectivity index (χ0v) is 12.3. The fourth-order valence-electron chi connectivity index (χ4n) is 0.600. The molecule has 2 N–H and O–H groups in total. The Kier molecular flexibility index (Phi) is 13.9. The summed E-state index contributed by atoms with van der Waals surface area (Å²) in [5, 5.41) is 33.4. The number of aliphatic hydroxyl groups is 2. The molecule has 0 aliphatic rings. The third-order valence-electron chi connectivity index (χ3n) is 1.54. The maximum absolute atomic E-state index is 8.39. The first-order valence-corrected chi connectivity index (χ1v) is 5.56. The minimum absolute atomic E-state index is 0.281. The fraction of sp³-hybridized carbons (Fsp3) is 0.909. The first kappa shape index (κ1) is 22.3. The van der Waals surface area contributed by atoms with Gasteiger partial charge >= 0.3 is 0 Å². The molecule has 0 unspecified atom stereocenters. The van der Waals surface area contributed by atoms with E-state index in [2.05, 4.69) is 42.3 Å². The van der Waals surface area contributed by atoms with Gasteiger partial charge in [-0.1, -0.05) is 0 Å². The Bertz CT molecular complexity index is 177. The van der Waals surface area contributed by atoms with Crippen LogP contribution >= 0.6 is 0 Å². The van der Waals surface area contributed by atoms with Gasteiger partial charge in [0.25, 0.3) is 0 Å². The Morgan fingerprint density at radius 1 is 0.833 bits per heavy atom. The number of carbonyl (C=O) groups excluding carboxylic acids is 1. The molecular weight excluding hydrogens is 240 g/mol. The van der Waals surface area contributed by atoms with Crippen LogP contribution < -0.4 is 10.2 Å². The Balaban J connectivity index is -0.000000196. The SMILES string of the molecule is C[N+](C)(C)CCO.C[N+](C)(C)CCO.O=C([O-])[O-]. The van der Waals surface area contributed by atoms with Crippen molar-refractivity contribution >= 4 is 6.16 Å². The van der Waals surface area contributed by atoms with Gasteiger partial charge in [0.2, 0.25) is 0 Å². The largest absolute Gasteiger partial charge is 0.652 e. The van der Waals surface area contributed by atoms with E-state index in [-0.39, 0.29) is 13.2 Å². The van der Waals surface area contributed by atoms with Gasteiger partial charge in [-0.2, -0.15) is 0 Å². The lowest BCUT2D eigenvalue weighted by Crippen LogP contribution is -2.37. The lowest BCUT2D eigenvalue weighted by Gasteiger charge is -2.21. The van der Waals surface area contributed by atoms with Crippen LogP contribution in [0.4, 0.5) is 4.79 Å². The molecule has 0 saturated carbocycles. The summed E-state index contributed by atoms with van der Waals surface area (Å²) < 4.78 is 1.69. The van der Waals surface area contributed by atoms with E-state index < -0.39 is 6.16 Å². The van der Waals surface area contributed by atoms with E-state index in [1.165, 1.54) is 0 Å². The van der Waals surface area contributed by atoms with Crippen LogP contribution in [0.2, 0.25) is 0 Å². The van der Waals surface area contributed by atoms with Crippen molar-refractivity contribution < 1.29 is 34.2 Å². The van der Waals surface area contributed by atoms with Crippen LogP contribution in [-0.2, 0) is 0 Å². The lowest BCUT2D eigenvalue weighted by atomic mass is 10.5. The molecule has 0 spiro atoms. The molecule has 0 bridgehead atoms. The Labute approximate surface area is 110 Å². The predicted molar refractivity (Wildman–Crippen MR) is 65.4 cm³/mol. The van der Waals surface area contributed by atoms with Crippen LogP contribution in [0.5, 0.6) is 0 Å². The van der Waals surface area contributed by atoms with Crippen molar-refractivity contribution in [3.8, 4) is 0 Å². The van der Waals surface area contributed by atoms with Gasteiger partial charge in [-0.3, -0.25) is 0 Å². The molecule has 0 saturated heterocycles. The third-order valence-corrected chi connectivity index (χ3v) is 1.54. The number of nitrogens with zero attached hydrogens (tertiary/aromatic N) is 2. The maximum Gasteiger partial charge on any atom is 0.101 e. The highest BCUT2D eigenvalue weighted by Crippen LogP contribution is 1.85. The van der Waals surface area contributed by atoms with E-state index in [1.807, 2.05) is 0 Å². The summed E-state index contributed by atoms with van der Waals surface area (Å²) in [6, 6.07) is 0. The van der Waals surface area contributed by atoms with Gasteiger partial charge in [0.15, 0.2) is 0 Å². The van der Waals surface area contributed by atoms with E-state index >= 15 is 0 Å². The van der Waals surface area contributed by atoms with Crippen LogP contribution in [-0.4, -0.2) is 93.9 Å². The van der Waals surface area contributed by atoms with Crippen molar-refractivity contribution in [1.29, 1.82) is 0 Å². The first-order chi connectivity index (χ1) is 7.85. The van der Waals surface area contributed by atoms with Gasteiger partial charge in [0.05, 0.1) is 55.5 Å². The Morgan fingerprint density at radius 3 is 1.00 bits per heavy atom. The molecular formula is C11H28N2O5. The van der Waals surface area contributed by atoms with Gasteiger partial charge < -0.3 is 34.2 Å². The molecule has 0 aromatic carbocycles. The topological polar surface area (TPSA) is 104 Å². The normalized spacial score (nSPS) is 10.7. The van der Waals surface area contributed by atoms with Gasteiger partial charge in [0, 0.05) is 0 Å². The van der Waals surface area contributed by atoms with Crippen LogP contribution in [0.25, 0.3) is 0 Å². The first-order valence-electron chi connectivity index (χ1n) is 5.56. The summed E-state index contributed by atoms with van der Waals surface area (Å²) in [5.74, 6) is 0. The Morgan fingerprint density at radius 2 is 1.00 bits per heavy atom. The summed E-state index contributed by atoms with van der Waals surface area (Å²) in [6.07, 6.45) is -2.33. The average molecular weight is 268 g/mol. The highest BCUT2D eigenvalue weighted by atomic mass is 16.6. The standard InChI is InChI=1S/2C5H14NO.CH2O3/c2*1-6(2,3)4-5-7;2-1(3)4/h2*7H,4-5H2,1-3H3;(H2,2,3,4)/q2*+1;/p-2. The molecule has 7 nitrogen and oxygen atoms in total. The van der Waals surface area contributed by atoms with Gasteiger partial charge in [-0.15, -0.1) is 0 Å². The van der Waals surface area contributed by atoms with Crippen LogP contribution in [0.15, 0.2) is 0 Å². The second kappa shape index (κ2) is 11.2. The number of carboxylic acid groups (broad SMARTS) is 2. The number of aliphatic hydroxyl groups excluding tert-OH is 2. The van der Waals surface area contributed by atoms with Crippen molar-refractivity contribution in [2.24, 2.45) is 0 Å². The van der Waals surface area contributed by atoms with Gasteiger partial charge in [-0.05, 0) is 6.16 Å². The summed E-state index contributed by atoms with van der Waals surface area (Å²) in [7, 11) is 12.3. The zero-order valence-electron chi connectivity index (χ0n) is 12.3. The number of quaternary nitrogens is 2. The van der Waals surface area contributed by atoms with Crippen molar-refractivity contribution in [1.82, 2.24) is 0 Å². The average Bonchev–Trinajstić information content (AvgIpc) is 1.97. The summed E-state index contributed by atoms with van der Waals surface area (Å²) in [6.45, 7) is 2.23. The lowest BCUT2D eigenvalue weighted by molar-refractivity contribution is -0.870. The minimum atomic E-state index is -2.33. The molecule has 7 heteroatoms. The highest BCUT2D eigenvalue weighted by Gasteiger charge is 2.02. The molecule has 112 valence electrons. The van der Waals surface area contributed by atoms with Crippen molar-refractivity contribution in [3.05, 3.63) is 0 Å². The molecule has 0 fully saturated rings. The van der Waals surface area contributed by atoms with Gasteiger partial charge in [-0.25, -0.2) is 0 Å². The molecule has 0 rings (SSSR count). The number of rotatable bonds is 4. The van der Waals surface area contributed by atoms with Crippen LogP contribution in [0.1, 0.15) is 0 Å². The Hall–Kier alpha value is -0.890. The van der Waals surface area contributed by atoms with Crippen molar-refractivity contribution in [3.63, 3.8) is 0 Å². The van der Waals surface area contributed by atoms with Crippen molar-refractivity contribution in [2.75, 3.05) is 68.6 Å². The number of carbonyl (C=O) groups is 1. The summed E-state index contributed by atoms with van der Waals surface area (Å²) in [5.41, 5.74) is 0. The molecule has 0 aliphatic heterocycles. The molecule has 0 heterocycles. The van der Waals surface area contributed by atoms with E-state index in [1.54, 1.807) is 0 Å². The predicted octanol–water partition coefficient (Wildman–Crippen LogP) is -3.08. The summed E-state index contributed by atoms with van der Waals surface area (Å²) >= 11 is 0. The molecule has 0 atom stereocenters. The molecule has 0 aliphatic carbocycles. The van der Waals surface area contributed by atoms with E-state index in [0.29, 0.717) is 0 Å². The molecule has 18 heavy (non-hydrogen) atoms. The number of hydrogen-bond acceptors (Lipinski definition) is 5. The fourth-order valence-corrected chi connectivity index (χ4v) is 0.600. The highest BCUT2D eigenvalue weighted by molar-refractivity contribution is 5.47. The minimum Gasteiger partial charge on any atom is -0.652 e. The van der Waals surface area contributed by atoms with Crippen LogP contribution in [0, 0.1) is 0 Å². The van der Waals surface area contributed by atoms with Crippen molar-refractivity contribution in [2.45, 2.75) is 0 Å². The van der Waals surface area contributed by atoms with Gasteiger partial charge in [0.1, 0.15) is 13.1 Å². The van der Waals surface area contributed by atoms with E-state index in [4.69, 9.17) is 25.2 Å². The molecule has 0 radical (unpaired) electrons. The smallest absolute Gasteiger partial charge is 0.101 e. The quantitative estimate of drug-likeness (QED) is 0.526. The number of hydrogen-bond donors (Lipinski definition) is 2. The maximum atomic E-state index is 8.39. The third kappa shape index (κ3) is 59.5. The molecule has 0 aromatic heterocycles. The molecule has 0 aromatic rings. The second-order valence-electron chi connectivity index (χ2n) is 5.73. The monoisotopic (exact) mass is 268 g/mol. The van der Waals surface area contributed by atoms with Crippen LogP contribution in [0.3, 0.4) is 0 Å². The molecule has 0 amide bonds. The number of likely N-dealkylation sites (N-methyl/N-ethyl adjacent to an activating group) is 2. The summed E-state index contributed by atoms with van der Waals surface area (Å²) in [4.78, 5) is 8.33. The van der Waals surface area contributed by atoms with E-state index in [0.717, 1.165) is 22.1 Å². The second-order valence-corrected chi connectivity index (χ2v) is 5.73. The van der Waals surface area contributed by atoms with E-state index in [9.17, 15) is 0 Å².